The Morgan fingerprint density at radius 2 is 1.94 bits per heavy atom. The summed E-state index contributed by atoms with van der Waals surface area (Å²) in [5, 5.41) is 10.2. The maximum absolute atomic E-state index is 14.7. The van der Waals surface area contributed by atoms with Crippen molar-refractivity contribution in [3.8, 4) is 6.07 Å². The lowest BCUT2D eigenvalue weighted by Gasteiger charge is -2.51. The van der Waals surface area contributed by atoms with Gasteiger partial charge in [0.05, 0.1) is 11.3 Å². The van der Waals surface area contributed by atoms with Crippen LogP contribution in [0.5, 0.6) is 0 Å². The lowest BCUT2D eigenvalue weighted by Crippen LogP contribution is -2.58. The lowest BCUT2D eigenvalue weighted by atomic mass is 9.65. The summed E-state index contributed by atoms with van der Waals surface area (Å²) in [6.45, 7) is 2.23. The summed E-state index contributed by atoms with van der Waals surface area (Å²) in [6, 6.07) is 8.17. The number of rotatable bonds is 0. The number of hydrogen-bond donors (Lipinski definition) is 1. The number of ether oxygens (including phenoxy) is 1. The van der Waals surface area contributed by atoms with Gasteiger partial charge in [0, 0.05) is 23.9 Å². The molecule has 0 aromatic heterocycles. The van der Waals surface area contributed by atoms with E-state index in [0.29, 0.717) is 36.5 Å². The Bertz CT molecular complexity index is 1180. The van der Waals surface area contributed by atoms with Crippen molar-refractivity contribution in [2.75, 3.05) is 4.90 Å². The van der Waals surface area contributed by atoms with E-state index in [4.69, 9.17) is 10.5 Å². The summed E-state index contributed by atoms with van der Waals surface area (Å²) >= 11 is 0. The number of nitrogens with zero attached hydrogens (tertiary/aromatic N) is 2. The maximum atomic E-state index is 14.7. The maximum Gasteiger partial charge on any atom is 0.248 e. The minimum atomic E-state index is -1.48. The van der Waals surface area contributed by atoms with Crippen molar-refractivity contribution in [3.63, 3.8) is 0 Å². The normalized spacial score (nSPS) is 30.4. The number of nitriles is 1. The fourth-order valence-corrected chi connectivity index (χ4v) is 7.21. The van der Waals surface area contributed by atoms with E-state index in [1.807, 2.05) is 17.0 Å². The third-order valence-corrected chi connectivity index (χ3v) is 8.40. The first kappa shape index (κ1) is 19.6. The number of anilines is 1. The molecule has 1 fully saturated rings. The van der Waals surface area contributed by atoms with Crippen molar-refractivity contribution >= 4 is 17.4 Å². The van der Waals surface area contributed by atoms with Crippen molar-refractivity contribution in [2.45, 2.75) is 81.6 Å². The second kappa shape index (κ2) is 6.48. The topological polar surface area (TPSA) is 96.4 Å². The molecule has 2 N–H and O–H groups in total. The van der Waals surface area contributed by atoms with Gasteiger partial charge in [0.1, 0.15) is 22.8 Å². The number of allylic oxidation sites excluding steroid dienone is 1. The Hall–Kier alpha value is -3.07. The quantitative estimate of drug-likeness (QED) is 0.666. The van der Waals surface area contributed by atoms with Gasteiger partial charge in [-0.15, -0.1) is 0 Å². The van der Waals surface area contributed by atoms with E-state index in [1.54, 1.807) is 0 Å². The molecule has 0 saturated heterocycles. The second-order valence-corrected chi connectivity index (χ2v) is 10.1. The highest BCUT2D eigenvalue weighted by Crippen LogP contribution is 2.62. The van der Waals surface area contributed by atoms with Crippen molar-refractivity contribution in [1.29, 1.82) is 5.26 Å². The summed E-state index contributed by atoms with van der Waals surface area (Å²) in [6.07, 6.45) is 7.71. The Morgan fingerprint density at radius 3 is 2.69 bits per heavy atom. The predicted octanol–water partition coefficient (Wildman–Crippen LogP) is 4.21. The highest BCUT2D eigenvalue weighted by Gasteiger charge is 2.66. The predicted molar refractivity (Wildman–Crippen MR) is 118 cm³/mol. The highest BCUT2D eigenvalue weighted by molar-refractivity contribution is 6.21. The molecule has 2 aliphatic carbocycles. The van der Waals surface area contributed by atoms with Gasteiger partial charge in [0.2, 0.25) is 11.8 Å². The molecule has 3 aliphatic heterocycles. The van der Waals surface area contributed by atoms with E-state index in [1.165, 1.54) is 6.42 Å². The number of hydrogen-bond acceptors (Lipinski definition) is 5. The number of carbonyl (C=O) groups is 2. The van der Waals surface area contributed by atoms with E-state index < -0.39 is 5.41 Å². The van der Waals surface area contributed by atoms with Crippen molar-refractivity contribution in [3.05, 3.63) is 52.1 Å². The van der Waals surface area contributed by atoms with Crippen LogP contribution in [0.25, 0.3) is 0 Å². The smallest absolute Gasteiger partial charge is 0.248 e. The molecule has 2 atom stereocenters. The molecule has 3 heterocycles. The van der Waals surface area contributed by atoms with Gasteiger partial charge in [-0.3, -0.25) is 9.59 Å². The largest absolute Gasteiger partial charge is 0.444 e. The number of amides is 1. The number of para-hydroxylation sites is 1. The molecular formula is C26H27N3O3. The summed E-state index contributed by atoms with van der Waals surface area (Å²) in [5.41, 5.74) is 7.70. The van der Waals surface area contributed by atoms with Crippen LogP contribution in [0.2, 0.25) is 0 Å². The zero-order chi connectivity index (χ0) is 22.3. The van der Waals surface area contributed by atoms with E-state index in [0.717, 1.165) is 48.9 Å². The summed E-state index contributed by atoms with van der Waals surface area (Å²) in [7, 11) is 0. The lowest BCUT2D eigenvalue weighted by molar-refractivity contribution is -0.126. The first-order chi connectivity index (χ1) is 15.5. The fourth-order valence-electron chi connectivity index (χ4n) is 7.21. The number of ketones is 1. The molecule has 0 bridgehead atoms. The Balaban J connectivity index is 1.71. The molecular weight excluding hydrogens is 402 g/mol. The molecule has 6 nitrogen and oxygen atoms in total. The van der Waals surface area contributed by atoms with Crippen LogP contribution in [0.3, 0.4) is 0 Å². The Labute approximate surface area is 187 Å². The minimum Gasteiger partial charge on any atom is -0.444 e. The van der Waals surface area contributed by atoms with Gasteiger partial charge >= 0.3 is 0 Å². The summed E-state index contributed by atoms with van der Waals surface area (Å²) in [4.78, 5) is 30.1. The average molecular weight is 430 g/mol. The van der Waals surface area contributed by atoms with E-state index in [9.17, 15) is 14.9 Å². The van der Waals surface area contributed by atoms with E-state index in [-0.39, 0.29) is 28.7 Å². The zero-order valence-electron chi connectivity index (χ0n) is 18.4. The molecule has 1 amide bonds. The zero-order valence-corrected chi connectivity index (χ0v) is 18.4. The first-order valence-electron chi connectivity index (χ1n) is 11.8. The van der Waals surface area contributed by atoms with Crippen LogP contribution >= 0.6 is 0 Å². The molecule has 164 valence electrons. The molecule has 0 radical (unpaired) electrons. The van der Waals surface area contributed by atoms with Gasteiger partial charge in [-0.25, -0.2) is 0 Å². The van der Waals surface area contributed by atoms with Crippen LogP contribution in [0.1, 0.15) is 81.8 Å². The van der Waals surface area contributed by atoms with Gasteiger partial charge in [-0.05, 0) is 37.2 Å². The van der Waals surface area contributed by atoms with Crippen molar-refractivity contribution < 1.29 is 14.3 Å². The van der Waals surface area contributed by atoms with E-state index in [2.05, 4.69) is 19.1 Å². The molecule has 2 unspecified atom stereocenters. The van der Waals surface area contributed by atoms with Crippen LogP contribution in [-0.4, -0.2) is 17.2 Å². The number of Topliss-reactive ketones (excluding diaryl/α,β-unsaturated/α-hetero) is 1. The molecule has 6 heteroatoms. The molecule has 6 rings (SSSR count). The number of benzene rings is 1. The van der Waals surface area contributed by atoms with Gasteiger partial charge in [-0.2, -0.15) is 5.26 Å². The fraction of sp³-hybridized carbons (Fsp3) is 0.500. The summed E-state index contributed by atoms with van der Waals surface area (Å²) in [5.74, 6) is 0.429. The Morgan fingerprint density at radius 1 is 1.16 bits per heavy atom. The minimum absolute atomic E-state index is 0.0440. The molecule has 1 aromatic carbocycles. The van der Waals surface area contributed by atoms with Gasteiger partial charge in [0.15, 0.2) is 5.78 Å². The molecule has 1 saturated carbocycles. The Kier molecular flexibility index (Phi) is 3.97. The van der Waals surface area contributed by atoms with E-state index >= 15 is 0 Å². The highest BCUT2D eigenvalue weighted by atomic mass is 16.5. The average Bonchev–Trinajstić information content (AvgIpc) is 3.03. The number of fused-ring (bicyclic) bond motifs is 3. The van der Waals surface area contributed by atoms with Crippen LogP contribution in [-0.2, 0) is 19.7 Å². The van der Waals surface area contributed by atoms with Crippen LogP contribution in [0.4, 0.5) is 5.69 Å². The first-order valence-corrected chi connectivity index (χ1v) is 11.8. The van der Waals surface area contributed by atoms with Gasteiger partial charge in [-0.1, -0.05) is 44.4 Å². The third kappa shape index (κ3) is 2.14. The molecule has 2 spiro atoms. The molecule has 1 aromatic rings. The molecule has 5 aliphatic rings. The summed E-state index contributed by atoms with van der Waals surface area (Å²) < 4.78 is 5.81. The van der Waals surface area contributed by atoms with Gasteiger partial charge in [0.25, 0.3) is 0 Å². The number of carbonyl (C=O) groups excluding carboxylic acids is 2. The van der Waals surface area contributed by atoms with Gasteiger partial charge < -0.3 is 15.4 Å². The second-order valence-electron chi connectivity index (χ2n) is 10.1. The van der Waals surface area contributed by atoms with Crippen LogP contribution in [0.15, 0.2) is 41.0 Å². The standard InChI is InChI=1S/C26H27N3O3/c1-15-13-25(11-3-2-4-12-25)29-22-16(15)7-5-8-17(22)26(24(29)31)18(14-27)23(28)32-20-10-6-9-19(30)21(20)26/h5,7-8,15H,2-4,6,9-13,28H2,1H3. The SMILES string of the molecule is CC1CC2(CCCCC2)N2C(=O)C3(C(C#N)=C(N)OC4=C3C(=O)CCC4)c3cccc1c32. The van der Waals surface area contributed by atoms with Crippen molar-refractivity contribution in [2.24, 2.45) is 5.73 Å². The van der Waals surface area contributed by atoms with Crippen LogP contribution in [0, 0.1) is 11.3 Å². The van der Waals surface area contributed by atoms with Crippen molar-refractivity contribution in [1.82, 2.24) is 0 Å². The third-order valence-electron chi connectivity index (χ3n) is 8.40. The monoisotopic (exact) mass is 429 g/mol. The van der Waals surface area contributed by atoms with Crippen LogP contribution < -0.4 is 10.6 Å². The number of nitrogens with two attached hydrogens (primary N) is 1. The molecule has 32 heavy (non-hydrogen) atoms.